The van der Waals surface area contributed by atoms with Crippen molar-refractivity contribution in [2.45, 2.75) is 10.1 Å². The van der Waals surface area contributed by atoms with Gasteiger partial charge < -0.3 is 10.3 Å². The minimum atomic E-state index is 0.529. The van der Waals surface area contributed by atoms with E-state index in [0.29, 0.717) is 11.6 Å². The van der Waals surface area contributed by atoms with Crippen LogP contribution >= 0.6 is 11.8 Å². The van der Waals surface area contributed by atoms with Crippen molar-refractivity contribution in [1.82, 2.24) is 29.9 Å². The largest absolute Gasteiger partial charge is 0.357 e. The molecule has 0 spiro atoms. The smallest absolute Gasteiger partial charge is 0.225 e. The van der Waals surface area contributed by atoms with Crippen molar-refractivity contribution in [3.63, 3.8) is 0 Å². The number of nitrogens with one attached hydrogen (secondary N) is 2. The molecule has 0 aliphatic heterocycles. The fourth-order valence-corrected chi connectivity index (χ4v) is 2.24. The number of hydrogen-bond donors (Lipinski definition) is 2. The zero-order valence-corrected chi connectivity index (χ0v) is 10.3. The van der Waals surface area contributed by atoms with Gasteiger partial charge in [-0.3, -0.25) is 4.98 Å². The molecule has 90 valence electrons. The van der Waals surface area contributed by atoms with E-state index >= 15 is 0 Å². The van der Waals surface area contributed by atoms with E-state index in [1.165, 1.54) is 11.8 Å². The predicted octanol–water partition coefficient (Wildman–Crippen LogP) is 1.34. The quantitative estimate of drug-likeness (QED) is 0.685. The summed E-state index contributed by atoms with van der Waals surface area (Å²) in [4.78, 5) is 24.0. The molecule has 3 rings (SSSR count). The molecule has 3 aromatic heterocycles. The van der Waals surface area contributed by atoms with Gasteiger partial charge in [-0.25, -0.2) is 15.0 Å². The highest BCUT2D eigenvalue weighted by molar-refractivity contribution is 7.99. The van der Waals surface area contributed by atoms with Gasteiger partial charge in [0.1, 0.15) is 15.6 Å². The molecule has 0 aliphatic carbocycles. The lowest BCUT2D eigenvalue weighted by Gasteiger charge is -2.03. The molecular formula is C10H9N7S. The first-order chi connectivity index (χ1) is 8.86. The van der Waals surface area contributed by atoms with E-state index in [9.17, 15) is 0 Å². The molecule has 0 saturated heterocycles. The maximum atomic E-state index is 4.39. The van der Waals surface area contributed by atoms with Crippen LogP contribution in [0.4, 0.5) is 5.95 Å². The summed E-state index contributed by atoms with van der Waals surface area (Å²) < 4.78 is 0. The molecule has 3 aromatic rings. The Hall–Kier alpha value is -2.22. The van der Waals surface area contributed by atoms with E-state index in [-0.39, 0.29) is 0 Å². The van der Waals surface area contributed by atoms with Crippen LogP contribution in [-0.4, -0.2) is 37.0 Å². The van der Waals surface area contributed by atoms with Crippen LogP contribution in [0.2, 0.25) is 0 Å². The Labute approximate surface area is 107 Å². The lowest BCUT2D eigenvalue weighted by Crippen LogP contribution is -1.98. The SMILES string of the molecule is CNc1nc(Sc2cnccn2)c2[nH]cnc2n1. The average Bonchev–Trinajstić information content (AvgIpc) is 2.88. The maximum absolute atomic E-state index is 4.39. The van der Waals surface area contributed by atoms with Crippen LogP contribution in [0.1, 0.15) is 0 Å². The van der Waals surface area contributed by atoms with Crippen LogP contribution in [0.15, 0.2) is 35.0 Å². The summed E-state index contributed by atoms with van der Waals surface area (Å²) in [5.41, 5.74) is 1.42. The van der Waals surface area contributed by atoms with E-state index in [1.807, 2.05) is 0 Å². The van der Waals surface area contributed by atoms with Gasteiger partial charge in [0.2, 0.25) is 5.95 Å². The Morgan fingerprint density at radius 1 is 1.22 bits per heavy atom. The molecule has 0 radical (unpaired) electrons. The van der Waals surface area contributed by atoms with Gasteiger partial charge in [0.15, 0.2) is 5.65 Å². The molecule has 2 N–H and O–H groups in total. The van der Waals surface area contributed by atoms with Crippen LogP contribution in [-0.2, 0) is 0 Å². The Bertz CT molecular complexity index is 666. The topological polar surface area (TPSA) is 92.3 Å². The van der Waals surface area contributed by atoms with Crippen molar-refractivity contribution >= 4 is 28.9 Å². The molecule has 0 saturated carbocycles. The van der Waals surface area contributed by atoms with Crippen molar-refractivity contribution in [3.05, 3.63) is 24.9 Å². The van der Waals surface area contributed by atoms with Gasteiger partial charge in [-0.05, 0) is 11.8 Å². The number of aromatic amines is 1. The molecule has 8 heteroatoms. The Kier molecular flexibility index (Phi) is 2.77. The first-order valence-electron chi connectivity index (χ1n) is 5.19. The first kappa shape index (κ1) is 10.9. The highest BCUT2D eigenvalue weighted by Crippen LogP contribution is 2.28. The van der Waals surface area contributed by atoms with E-state index in [2.05, 4.69) is 35.2 Å². The van der Waals surface area contributed by atoms with E-state index in [1.54, 1.807) is 32.0 Å². The molecule has 0 fully saturated rings. The highest BCUT2D eigenvalue weighted by Gasteiger charge is 2.11. The number of nitrogens with zero attached hydrogens (tertiary/aromatic N) is 5. The normalized spacial score (nSPS) is 10.7. The average molecular weight is 259 g/mol. The molecular weight excluding hydrogens is 250 g/mol. The van der Waals surface area contributed by atoms with Gasteiger partial charge in [-0.15, -0.1) is 0 Å². The van der Waals surface area contributed by atoms with Crippen LogP contribution in [0.25, 0.3) is 11.2 Å². The van der Waals surface area contributed by atoms with Gasteiger partial charge in [0.05, 0.1) is 12.5 Å². The summed E-state index contributed by atoms with van der Waals surface area (Å²) in [5, 5.41) is 4.45. The Balaban J connectivity index is 2.07. The number of anilines is 1. The van der Waals surface area contributed by atoms with Gasteiger partial charge in [0, 0.05) is 19.4 Å². The number of imidazole rings is 1. The zero-order chi connectivity index (χ0) is 12.4. The van der Waals surface area contributed by atoms with Crippen molar-refractivity contribution in [2.24, 2.45) is 0 Å². The Morgan fingerprint density at radius 3 is 2.94 bits per heavy atom. The predicted molar refractivity (Wildman–Crippen MR) is 67.4 cm³/mol. The summed E-state index contributed by atoms with van der Waals surface area (Å²) >= 11 is 1.42. The minimum absolute atomic E-state index is 0.529. The van der Waals surface area contributed by atoms with Crippen molar-refractivity contribution in [3.8, 4) is 0 Å². The molecule has 0 unspecified atom stereocenters. The second-order valence-electron chi connectivity index (χ2n) is 3.35. The Morgan fingerprint density at radius 2 is 2.17 bits per heavy atom. The zero-order valence-electron chi connectivity index (χ0n) is 9.45. The fourth-order valence-electron chi connectivity index (χ4n) is 1.43. The van der Waals surface area contributed by atoms with Crippen LogP contribution in [0.5, 0.6) is 0 Å². The minimum Gasteiger partial charge on any atom is -0.357 e. The molecule has 0 aliphatic rings. The summed E-state index contributed by atoms with van der Waals surface area (Å²) in [6, 6.07) is 0. The summed E-state index contributed by atoms with van der Waals surface area (Å²) in [7, 11) is 1.77. The highest BCUT2D eigenvalue weighted by atomic mass is 32.2. The van der Waals surface area contributed by atoms with Gasteiger partial charge in [-0.1, -0.05) is 0 Å². The third-order valence-corrected chi connectivity index (χ3v) is 3.13. The monoisotopic (exact) mass is 259 g/mol. The van der Waals surface area contributed by atoms with Crippen molar-refractivity contribution in [1.29, 1.82) is 0 Å². The number of aromatic nitrogens is 6. The molecule has 3 heterocycles. The first-order valence-corrected chi connectivity index (χ1v) is 6.01. The second-order valence-corrected chi connectivity index (χ2v) is 4.36. The summed E-state index contributed by atoms with van der Waals surface area (Å²) in [6.45, 7) is 0. The van der Waals surface area contributed by atoms with Gasteiger partial charge >= 0.3 is 0 Å². The lowest BCUT2D eigenvalue weighted by molar-refractivity contribution is 1.04. The maximum Gasteiger partial charge on any atom is 0.225 e. The van der Waals surface area contributed by atoms with Crippen LogP contribution < -0.4 is 5.32 Å². The number of H-pyrrole nitrogens is 1. The third kappa shape index (κ3) is 1.97. The van der Waals surface area contributed by atoms with E-state index in [0.717, 1.165) is 15.6 Å². The van der Waals surface area contributed by atoms with E-state index < -0.39 is 0 Å². The fraction of sp³-hybridized carbons (Fsp3) is 0.100. The molecule has 7 nitrogen and oxygen atoms in total. The summed E-state index contributed by atoms with van der Waals surface area (Å²) in [6.07, 6.45) is 6.56. The number of rotatable bonds is 3. The van der Waals surface area contributed by atoms with Crippen LogP contribution in [0.3, 0.4) is 0 Å². The number of fused-ring (bicyclic) bond motifs is 1. The number of hydrogen-bond acceptors (Lipinski definition) is 7. The van der Waals surface area contributed by atoms with E-state index in [4.69, 9.17) is 0 Å². The second kappa shape index (κ2) is 4.57. The third-order valence-electron chi connectivity index (χ3n) is 2.22. The molecule has 0 atom stereocenters. The van der Waals surface area contributed by atoms with Crippen molar-refractivity contribution in [2.75, 3.05) is 12.4 Å². The molecule has 0 amide bonds. The summed E-state index contributed by atoms with van der Waals surface area (Å²) in [5.74, 6) is 0.529. The molecule has 18 heavy (non-hydrogen) atoms. The van der Waals surface area contributed by atoms with Crippen molar-refractivity contribution < 1.29 is 0 Å². The standard InChI is InChI=1S/C10H9N7S/c1-11-10-16-8-7(14-5-15-8)9(17-10)18-6-4-12-2-3-13-6/h2-5H,1H3,(H2,11,14,15,16,17). The molecule has 0 bridgehead atoms. The lowest BCUT2D eigenvalue weighted by atomic mass is 10.5. The van der Waals surface area contributed by atoms with Gasteiger partial charge in [0.25, 0.3) is 0 Å². The molecule has 0 aromatic carbocycles. The van der Waals surface area contributed by atoms with Gasteiger partial charge in [-0.2, -0.15) is 4.98 Å². The van der Waals surface area contributed by atoms with Crippen LogP contribution in [0, 0.1) is 0 Å².